The molecule has 17 heavy (non-hydrogen) atoms. The molecule has 0 saturated carbocycles. The van der Waals surface area contributed by atoms with Gasteiger partial charge in [-0.25, -0.2) is 0 Å². The fourth-order valence-corrected chi connectivity index (χ4v) is 1.80. The number of allylic oxidation sites excluding steroid dienone is 4. The first-order chi connectivity index (χ1) is 8.04. The summed E-state index contributed by atoms with van der Waals surface area (Å²) in [6.45, 7) is 8.63. The maximum atomic E-state index is 9.90. The molecular weight excluding hydrogens is 208 g/mol. The van der Waals surface area contributed by atoms with Crippen LogP contribution in [0.4, 0.5) is 0 Å². The van der Waals surface area contributed by atoms with Crippen LogP contribution in [0, 0.1) is 27.7 Å². The Kier molecular flexibility index (Phi) is 4.89. The lowest BCUT2D eigenvalue weighted by atomic mass is 10.0. The van der Waals surface area contributed by atoms with Crippen LogP contribution < -0.4 is 0 Å². The molecule has 0 N–H and O–H groups in total. The van der Waals surface area contributed by atoms with E-state index >= 15 is 0 Å². The van der Waals surface area contributed by atoms with Gasteiger partial charge in [0.2, 0.25) is 0 Å². The van der Waals surface area contributed by atoms with Gasteiger partial charge >= 0.3 is 0 Å². The molecule has 0 unspecified atom stereocenters. The molecule has 0 bridgehead atoms. The predicted molar refractivity (Wildman–Crippen MR) is 73.3 cm³/mol. The van der Waals surface area contributed by atoms with Gasteiger partial charge in [0.15, 0.2) is 0 Å². The van der Waals surface area contributed by atoms with E-state index in [1.807, 2.05) is 18.2 Å². The topological polar surface area (TPSA) is 17.1 Å². The smallest absolute Gasteiger partial charge is 0.146 e. The highest BCUT2D eigenvalue weighted by molar-refractivity contribution is 5.75. The summed E-state index contributed by atoms with van der Waals surface area (Å²) in [6, 6.07) is 4.45. The second-order valence-corrected chi connectivity index (χ2v) is 4.52. The number of rotatable bonds is 1. The van der Waals surface area contributed by atoms with Crippen LogP contribution in [-0.4, -0.2) is 6.29 Å². The number of hydrogen-bond donors (Lipinski definition) is 0. The molecule has 1 aliphatic rings. The quantitative estimate of drug-likeness (QED) is 0.664. The van der Waals surface area contributed by atoms with Crippen LogP contribution in [0.15, 0.2) is 35.9 Å². The number of aryl methyl sites for hydroxylation is 3. The number of benzene rings is 1. The molecule has 90 valence electrons. The molecule has 0 amide bonds. The molecule has 1 aromatic rings. The van der Waals surface area contributed by atoms with Crippen molar-refractivity contribution in [3.63, 3.8) is 0 Å². The Bertz CT molecular complexity index is 441. The van der Waals surface area contributed by atoms with E-state index in [-0.39, 0.29) is 0 Å². The second-order valence-electron chi connectivity index (χ2n) is 4.52. The zero-order chi connectivity index (χ0) is 12.8. The van der Waals surface area contributed by atoms with Crippen molar-refractivity contribution < 1.29 is 4.79 Å². The minimum absolute atomic E-state index is 0.823. The normalized spacial score (nSPS) is 12.8. The summed E-state index contributed by atoms with van der Waals surface area (Å²) in [6.07, 6.45) is 7.39. The minimum Gasteiger partial charge on any atom is -0.298 e. The molecule has 2 rings (SSSR count). The average Bonchev–Trinajstić information content (AvgIpc) is 2.79. The SMILES string of the molecule is Cc1cc(C)c(C)c(C)c1.O=CC1=CC=CC1. The number of hydrogen-bond acceptors (Lipinski definition) is 1. The summed E-state index contributed by atoms with van der Waals surface area (Å²) in [5, 5.41) is 0. The summed E-state index contributed by atoms with van der Waals surface area (Å²) in [7, 11) is 0. The first-order valence-corrected chi connectivity index (χ1v) is 5.90. The molecule has 0 radical (unpaired) electrons. The number of carbonyl (C=O) groups excluding carboxylic acids is 1. The van der Waals surface area contributed by atoms with Gasteiger partial charge < -0.3 is 0 Å². The summed E-state index contributed by atoms with van der Waals surface area (Å²) in [5.74, 6) is 0. The van der Waals surface area contributed by atoms with Gasteiger partial charge in [-0.3, -0.25) is 4.79 Å². The molecule has 0 aromatic heterocycles. The highest BCUT2D eigenvalue weighted by Crippen LogP contribution is 2.13. The Morgan fingerprint density at radius 3 is 2.00 bits per heavy atom. The second kappa shape index (κ2) is 6.19. The van der Waals surface area contributed by atoms with Gasteiger partial charge in [-0.1, -0.05) is 35.9 Å². The number of aldehydes is 1. The van der Waals surface area contributed by atoms with Crippen LogP contribution in [0.3, 0.4) is 0 Å². The maximum absolute atomic E-state index is 9.90. The Morgan fingerprint density at radius 2 is 1.65 bits per heavy atom. The minimum atomic E-state index is 0.823. The predicted octanol–water partition coefficient (Wildman–Crippen LogP) is 3.99. The molecule has 0 spiro atoms. The van der Waals surface area contributed by atoms with E-state index in [1.54, 1.807) is 0 Å². The van der Waals surface area contributed by atoms with E-state index in [2.05, 4.69) is 39.8 Å². The summed E-state index contributed by atoms with van der Waals surface area (Å²) < 4.78 is 0. The van der Waals surface area contributed by atoms with E-state index in [4.69, 9.17) is 0 Å². The molecule has 0 saturated heterocycles. The van der Waals surface area contributed by atoms with Crippen molar-refractivity contribution in [1.29, 1.82) is 0 Å². The Balaban J connectivity index is 0.000000181. The largest absolute Gasteiger partial charge is 0.298 e. The molecule has 1 aliphatic carbocycles. The van der Waals surface area contributed by atoms with E-state index in [9.17, 15) is 4.79 Å². The summed E-state index contributed by atoms with van der Waals surface area (Å²) >= 11 is 0. The molecule has 1 aromatic carbocycles. The molecule has 0 atom stereocenters. The summed E-state index contributed by atoms with van der Waals surface area (Å²) in [4.78, 5) is 9.90. The third-order valence-electron chi connectivity index (χ3n) is 3.02. The molecule has 1 nitrogen and oxygen atoms in total. The fraction of sp³-hybridized carbons (Fsp3) is 0.312. The highest BCUT2D eigenvalue weighted by Gasteiger charge is 1.96. The van der Waals surface area contributed by atoms with Crippen molar-refractivity contribution in [3.05, 3.63) is 58.2 Å². The molecule has 0 heterocycles. The maximum Gasteiger partial charge on any atom is 0.146 e. The monoisotopic (exact) mass is 228 g/mol. The van der Waals surface area contributed by atoms with Gasteiger partial charge in [-0.2, -0.15) is 0 Å². The van der Waals surface area contributed by atoms with Crippen LogP contribution in [0.1, 0.15) is 28.7 Å². The Hall–Kier alpha value is -1.63. The van der Waals surface area contributed by atoms with Crippen molar-refractivity contribution in [2.45, 2.75) is 34.1 Å². The lowest BCUT2D eigenvalue weighted by molar-refractivity contribution is -0.104. The zero-order valence-corrected chi connectivity index (χ0v) is 11.1. The molecular formula is C16H20O. The van der Waals surface area contributed by atoms with Gasteiger partial charge in [-0.05, 0) is 56.4 Å². The van der Waals surface area contributed by atoms with Crippen LogP contribution in [0.5, 0.6) is 0 Å². The first kappa shape index (κ1) is 13.4. The van der Waals surface area contributed by atoms with Crippen molar-refractivity contribution in [3.8, 4) is 0 Å². The third kappa shape index (κ3) is 4.03. The van der Waals surface area contributed by atoms with E-state index in [0.29, 0.717) is 0 Å². The lowest BCUT2D eigenvalue weighted by Gasteiger charge is -2.04. The molecule has 0 fully saturated rings. The Morgan fingerprint density at radius 1 is 1.06 bits per heavy atom. The van der Waals surface area contributed by atoms with Gasteiger partial charge in [0.1, 0.15) is 6.29 Å². The van der Waals surface area contributed by atoms with Crippen LogP contribution in [0.25, 0.3) is 0 Å². The highest BCUT2D eigenvalue weighted by atomic mass is 16.1. The first-order valence-electron chi connectivity index (χ1n) is 5.90. The van der Waals surface area contributed by atoms with Crippen LogP contribution in [0.2, 0.25) is 0 Å². The standard InChI is InChI=1S/C10H14.C6H6O/c1-7-5-8(2)10(4)9(3)6-7;7-5-6-3-1-2-4-6/h5-6H,1-4H3;1-3,5H,4H2. The average molecular weight is 228 g/mol. The van der Waals surface area contributed by atoms with Crippen molar-refractivity contribution in [2.24, 2.45) is 0 Å². The van der Waals surface area contributed by atoms with Gasteiger partial charge in [0.05, 0.1) is 0 Å². The van der Waals surface area contributed by atoms with Gasteiger partial charge in [0, 0.05) is 0 Å². The van der Waals surface area contributed by atoms with Crippen molar-refractivity contribution in [1.82, 2.24) is 0 Å². The van der Waals surface area contributed by atoms with Gasteiger partial charge in [-0.15, -0.1) is 0 Å². The van der Waals surface area contributed by atoms with Crippen LogP contribution in [-0.2, 0) is 4.79 Å². The molecule has 1 heteroatoms. The molecule has 0 aliphatic heterocycles. The van der Waals surface area contributed by atoms with Crippen molar-refractivity contribution >= 4 is 6.29 Å². The Labute approximate surface area is 104 Å². The lowest BCUT2D eigenvalue weighted by Crippen LogP contribution is -1.86. The van der Waals surface area contributed by atoms with E-state index in [1.165, 1.54) is 22.3 Å². The number of carbonyl (C=O) groups is 1. The van der Waals surface area contributed by atoms with Crippen LogP contribution >= 0.6 is 0 Å². The van der Waals surface area contributed by atoms with E-state index < -0.39 is 0 Å². The fourth-order valence-electron chi connectivity index (χ4n) is 1.80. The summed E-state index contributed by atoms with van der Waals surface area (Å²) in [5.41, 5.74) is 6.46. The van der Waals surface area contributed by atoms with Gasteiger partial charge in [0.25, 0.3) is 0 Å². The zero-order valence-electron chi connectivity index (χ0n) is 11.1. The van der Waals surface area contributed by atoms with E-state index in [0.717, 1.165) is 18.3 Å². The third-order valence-corrected chi connectivity index (χ3v) is 3.02. The van der Waals surface area contributed by atoms with Crippen molar-refractivity contribution in [2.75, 3.05) is 0 Å².